The van der Waals surface area contributed by atoms with Gasteiger partial charge in [-0.25, -0.2) is 0 Å². The summed E-state index contributed by atoms with van der Waals surface area (Å²) in [5.41, 5.74) is 5.92. The van der Waals surface area contributed by atoms with E-state index in [4.69, 9.17) is 0 Å². The zero-order chi connectivity index (χ0) is 20.4. The average Bonchev–Trinajstić information content (AvgIpc) is 3.09. The van der Waals surface area contributed by atoms with E-state index >= 15 is 0 Å². The number of fused-ring (bicyclic) bond motifs is 1. The number of piperazine rings is 1. The van der Waals surface area contributed by atoms with Crippen molar-refractivity contribution in [1.29, 1.82) is 0 Å². The van der Waals surface area contributed by atoms with Gasteiger partial charge in [0.25, 0.3) is 5.91 Å². The molecule has 1 atom stereocenters. The molecule has 2 aliphatic rings. The van der Waals surface area contributed by atoms with Gasteiger partial charge in [-0.05, 0) is 49.7 Å². The molecule has 1 N–H and O–H groups in total. The maximum atomic E-state index is 12.8. The summed E-state index contributed by atoms with van der Waals surface area (Å²) in [5.74, 6) is 0.00807. The molecule has 5 nitrogen and oxygen atoms in total. The van der Waals surface area contributed by atoms with E-state index in [0.717, 1.165) is 50.3 Å². The Labute approximate surface area is 174 Å². The summed E-state index contributed by atoms with van der Waals surface area (Å²) in [6.45, 7) is 7.92. The Morgan fingerprint density at radius 2 is 1.83 bits per heavy atom. The van der Waals surface area contributed by atoms with E-state index in [1.807, 2.05) is 31.2 Å². The fourth-order valence-corrected chi connectivity index (χ4v) is 4.46. The van der Waals surface area contributed by atoms with Crippen molar-refractivity contribution < 1.29 is 4.79 Å². The number of hydrogen-bond acceptors (Lipinski definition) is 4. The van der Waals surface area contributed by atoms with Gasteiger partial charge in [-0.1, -0.05) is 29.8 Å². The minimum Gasteiger partial charge on any atom is -0.374 e. The number of likely N-dealkylation sites (N-methyl/N-ethyl adjacent to an activating group) is 2. The molecule has 1 unspecified atom stereocenters. The predicted molar refractivity (Wildman–Crippen MR) is 119 cm³/mol. The summed E-state index contributed by atoms with van der Waals surface area (Å²) in [4.78, 5) is 20.0. The Kier molecular flexibility index (Phi) is 5.88. The standard InChI is InChI=1S/C24H32N4O/c1-18-5-4-6-21(15-18)24(29)25-17-23(28-13-11-26(2)12-14-28)19-7-8-22-20(16-19)9-10-27(22)3/h4-8,15-16,23H,9-14,17H2,1-3H3,(H,25,29). The summed E-state index contributed by atoms with van der Waals surface area (Å²) in [5, 5.41) is 3.21. The van der Waals surface area contributed by atoms with Crippen molar-refractivity contribution in [2.24, 2.45) is 0 Å². The van der Waals surface area contributed by atoms with Crippen LogP contribution in [0.2, 0.25) is 0 Å². The van der Waals surface area contributed by atoms with Gasteiger partial charge in [0.15, 0.2) is 0 Å². The highest BCUT2D eigenvalue weighted by atomic mass is 16.1. The number of hydrogen-bond donors (Lipinski definition) is 1. The highest BCUT2D eigenvalue weighted by Crippen LogP contribution is 2.31. The van der Waals surface area contributed by atoms with Crippen LogP contribution in [0.1, 0.15) is 33.1 Å². The zero-order valence-corrected chi connectivity index (χ0v) is 17.8. The Balaban J connectivity index is 1.53. The number of amides is 1. The van der Waals surface area contributed by atoms with Crippen LogP contribution < -0.4 is 10.2 Å². The van der Waals surface area contributed by atoms with Gasteiger partial charge < -0.3 is 15.1 Å². The molecule has 0 aliphatic carbocycles. The summed E-state index contributed by atoms with van der Waals surface area (Å²) in [6, 6.07) is 14.9. The van der Waals surface area contributed by atoms with Crippen molar-refractivity contribution in [3.63, 3.8) is 0 Å². The van der Waals surface area contributed by atoms with Gasteiger partial charge in [-0.15, -0.1) is 0 Å². The summed E-state index contributed by atoms with van der Waals surface area (Å²) >= 11 is 0. The van der Waals surface area contributed by atoms with E-state index in [1.165, 1.54) is 16.8 Å². The second-order valence-electron chi connectivity index (χ2n) is 8.49. The molecule has 154 valence electrons. The molecular weight excluding hydrogens is 360 g/mol. The van der Waals surface area contributed by atoms with Gasteiger partial charge in [-0.3, -0.25) is 9.69 Å². The first-order valence-corrected chi connectivity index (χ1v) is 10.6. The highest BCUT2D eigenvalue weighted by molar-refractivity contribution is 5.94. The van der Waals surface area contributed by atoms with E-state index in [2.05, 4.69) is 52.3 Å². The Bertz CT molecular complexity index is 873. The van der Waals surface area contributed by atoms with Crippen LogP contribution >= 0.6 is 0 Å². The topological polar surface area (TPSA) is 38.8 Å². The van der Waals surface area contributed by atoms with Crippen LogP contribution in [-0.4, -0.2) is 69.1 Å². The summed E-state index contributed by atoms with van der Waals surface area (Å²) in [7, 11) is 4.34. The zero-order valence-electron chi connectivity index (χ0n) is 17.8. The van der Waals surface area contributed by atoms with Crippen LogP contribution in [0, 0.1) is 6.92 Å². The smallest absolute Gasteiger partial charge is 0.251 e. The number of nitrogens with one attached hydrogen (secondary N) is 1. The van der Waals surface area contributed by atoms with Gasteiger partial charge >= 0.3 is 0 Å². The van der Waals surface area contributed by atoms with Crippen molar-refractivity contribution in [2.45, 2.75) is 19.4 Å². The number of carbonyl (C=O) groups excluding carboxylic acids is 1. The third-order valence-electron chi connectivity index (χ3n) is 6.33. The second kappa shape index (κ2) is 8.56. The molecule has 0 radical (unpaired) electrons. The second-order valence-corrected chi connectivity index (χ2v) is 8.49. The van der Waals surface area contributed by atoms with Crippen LogP contribution in [0.3, 0.4) is 0 Å². The van der Waals surface area contributed by atoms with Crippen molar-refractivity contribution in [3.8, 4) is 0 Å². The molecule has 2 aromatic rings. The molecule has 5 heteroatoms. The van der Waals surface area contributed by atoms with Crippen LogP contribution in [0.25, 0.3) is 0 Å². The molecule has 1 saturated heterocycles. The minimum absolute atomic E-state index is 0.00807. The van der Waals surface area contributed by atoms with Crippen molar-refractivity contribution in [1.82, 2.24) is 15.1 Å². The van der Waals surface area contributed by atoms with Gasteiger partial charge in [0.1, 0.15) is 0 Å². The molecule has 0 aromatic heterocycles. The quantitative estimate of drug-likeness (QED) is 0.849. The van der Waals surface area contributed by atoms with E-state index < -0.39 is 0 Å². The largest absolute Gasteiger partial charge is 0.374 e. The third kappa shape index (κ3) is 4.46. The number of aryl methyl sites for hydroxylation is 1. The molecule has 2 aromatic carbocycles. The Morgan fingerprint density at radius 3 is 2.59 bits per heavy atom. The number of carbonyl (C=O) groups is 1. The summed E-state index contributed by atoms with van der Waals surface area (Å²) in [6.07, 6.45) is 1.10. The first kappa shape index (κ1) is 19.9. The number of rotatable bonds is 5. The lowest BCUT2D eigenvalue weighted by Gasteiger charge is -2.38. The first-order chi connectivity index (χ1) is 14.0. The first-order valence-electron chi connectivity index (χ1n) is 10.6. The molecule has 29 heavy (non-hydrogen) atoms. The minimum atomic E-state index is 0.00807. The molecular formula is C24H32N4O. The maximum absolute atomic E-state index is 12.8. The Morgan fingerprint density at radius 1 is 1.03 bits per heavy atom. The molecule has 0 saturated carbocycles. The van der Waals surface area contributed by atoms with Gasteiger partial charge in [0.2, 0.25) is 0 Å². The molecule has 0 bridgehead atoms. The third-order valence-corrected chi connectivity index (χ3v) is 6.33. The highest BCUT2D eigenvalue weighted by Gasteiger charge is 2.26. The van der Waals surface area contributed by atoms with Gasteiger partial charge in [-0.2, -0.15) is 0 Å². The molecule has 1 fully saturated rings. The lowest BCUT2D eigenvalue weighted by atomic mass is 10.00. The molecule has 2 aliphatic heterocycles. The lowest BCUT2D eigenvalue weighted by Crippen LogP contribution is -2.48. The summed E-state index contributed by atoms with van der Waals surface area (Å²) < 4.78 is 0. The van der Waals surface area contributed by atoms with Gasteiger partial charge in [0, 0.05) is 57.6 Å². The normalized spacial score (nSPS) is 18.5. The van der Waals surface area contributed by atoms with E-state index in [-0.39, 0.29) is 11.9 Å². The van der Waals surface area contributed by atoms with Crippen molar-refractivity contribution in [2.75, 3.05) is 58.3 Å². The van der Waals surface area contributed by atoms with Crippen LogP contribution in [0.5, 0.6) is 0 Å². The van der Waals surface area contributed by atoms with Crippen LogP contribution in [0.4, 0.5) is 5.69 Å². The van der Waals surface area contributed by atoms with Crippen LogP contribution in [0.15, 0.2) is 42.5 Å². The van der Waals surface area contributed by atoms with Crippen molar-refractivity contribution >= 4 is 11.6 Å². The molecule has 4 rings (SSSR count). The SMILES string of the molecule is Cc1cccc(C(=O)NCC(c2ccc3c(c2)CCN3C)N2CCN(C)CC2)c1. The predicted octanol–water partition coefficient (Wildman–Crippen LogP) is 2.71. The van der Waals surface area contributed by atoms with Crippen LogP contribution in [-0.2, 0) is 6.42 Å². The fraction of sp³-hybridized carbons (Fsp3) is 0.458. The van der Waals surface area contributed by atoms with Gasteiger partial charge in [0.05, 0.1) is 6.04 Å². The molecule has 2 heterocycles. The van der Waals surface area contributed by atoms with E-state index in [1.54, 1.807) is 0 Å². The molecule has 1 amide bonds. The number of benzene rings is 2. The van der Waals surface area contributed by atoms with E-state index in [9.17, 15) is 4.79 Å². The fourth-order valence-electron chi connectivity index (χ4n) is 4.46. The van der Waals surface area contributed by atoms with E-state index in [0.29, 0.717) is 6.54 Å². The molecule has 0 spiro atoms. The van der Waals surface area contributed by atoms with Crippen molar-refractivity contribution in [3.05, 3.63) is 64.7 Å². The average molecular weight is 393 g/mol. The lowest BCUT2D eigenvalue weighted by molar-refractivity contribution is 0.0886. The Hall–Kier alpha value is -2.37. The number of nitrogens with zero attached hydrogens (tertiary/aromatic N) is 3. The monoisotopic (exact) mass is 392 g/mol. The maximum Gasteiger partial charge on any atom is 0.251 e. The number of anilines is 1.